The molecule has 0 spiro atoms. The number of rotatable bonds is 5. The average molecular weight is 291 g/mol. The molecule has 0 aromatic heterocycles. The van der Waals surface area contributed by atoms with Crippen molar-refractivity contribution in [2.45, 2.75) is 32.3 Å². The molecule has 1 aromatic rings. The molecule has 4 nitrogen and oxygen atoms in total. The van der Waals surface area contributed by atoms with Gasteiger partial charge in [0.15, 0.2) is 5.11 Å². The average Bonchev–Trinajstić information content (AvgIpc) is 2.99. The molecule has 1 aliphatic rings. The summed E-state index contributed by atoms with van der Waals surface area (Å²) < 4.78 is 5.51. The molecule has 0 amide bonds. The van der Waals surface area contributed by atoms with Crippen LogP contribution in [0.15, 0.2) is 29.4 Å². The van der Waals surface area contributed by atoms with Crippen LogP contribution in [0, 0.1) is 0 Å². The van der Waals surface area contributed by atoms with E-state index in [0.717, 1.165) is 38.0 Å². The number of nitrogens with zero attached hydrogens (tertiary/aromatic N) is 1. The summed E-state index contributed by atoms with van der Waals surface area (Å²) in [7, 11) is 0. The van der Waals surface area contributed by atoms with Crippen molar-refractivity contribution in [3.8, 4) is 0 Å². The van der Waals surface area contributed by atoms with Crippen LogP contribution in [0.3, 0.4) is 0 Å². The number of thiocarbonyl (C=S) groups is 1. The molecule has 0 bridgehead atoms. The predicted octanol–water partition coefficient (Wildman–Crippen LogP) is 2.23. The summed E-state index contributed by atoms with van der Waals surface area (Å²) in [4.78, 5) is 0. The van der Waals surface area contributed by atoms with Crippen molar-refractivity contribution in [3.63, 3.8) is 0 Å². The topological polar surface area (TPSA) is 45.7 Å². The van der Waals surface area contributed by atoms with Crippen LogP contribution in [0.2, 0.25) is 0 Å². The molecule has 1 fully saturated rings. The van der Waals surface area contributed by atoms with Crippen molar-refractivity contribution in [2.75, 3.05) is 13.2 Å². The van der Waals surface area contributed by atoms with Gasteiger partial charge in [0.2, 0.25) is 0 Å². The van der Waals surface area contributed by atoms with Crippen LogP contribution in [-0.2, 0) is 11.2 Å². The molecule has 20 heavy (non-hydrogen) atoms. The Labute approximate surface area is 125 Å². The third kappa shape index (κ3) is 4.90. The number of ether oxygens (including phenoxy) is 1. The number of nitrogens with one attached hydrogen (secondary N) is 2. The molecule has 0 unspecified atom stereocenters. The van der Waals surface area contributed by atoms with Crippen molar-refractivity contribution in [3.05, 3.63) is 35.4 Å². The van der Waals surface area contributed by atoms with Gasteiger partial charge in [-0.3, -0.25) is 5.43 Å². The lowest BCUT2D eigenvalue weighted by Crippen LogP contribution is -2.37. The summed E-state index contributed by atoms with van der Waals surface area (Å²) in [5, 5.41) is 7.76. The highest BCUT2D eigenvalue weighted by Gasteiger charge is 2.14. The van der Waals surface area contributed by atoms with E-state index in [0.29, 0.717) is 5.11 Å². The Kier molecular flexibility index (Phi) is 5.95. The minimum absolute atomic E-state index is 0.278. The Morgan fingerprint density at radius 1 is 1.45 bits per heavy atom. The zero-order chi connectivity index (χ0) is 14.2. The second-order valence-electron chi connectivity index (χ2n) is 4.81. The molecule has 1 aliphatic heterocycles. The molecule has 5 heteroatoms. The Bertz CT molecular complexity index is 453. The van der Waals surface area contributed by atoms with E-state index in [-0.39, 0.29) is 6.10 Å². The van der Waals surface area contributed by atoms with E-state index in [9.17, 15) is 0 Å². The second-order valence-corrected chi connectivity index (χ2v) is 5.22. The van der Waals surface area contributed by atoms with Crippen LogP contribution in [0.1, 0.15) is 30.9 Å². The first kappa shape index (κ1) is 14.9. The molecular formula is C15H21N3OS. The Morgan fingerprint density at radius 2 is 2.25 bits per heavy atom. The minimum Gasteiger partial charge on any atom is -0.376 e. The number of hydrogen-bond donors (Lipinski definition) is 2. The smallest absolute Gasteiger partial charge is 0.187 e. The van der Waals surface area contributed by atoms with E-state index in [2.05, 4.69) is 34.9 Å². The summed E-state index contributed by atoms with van der Waals surface area (Å²) in [6.07, 6.45) is 5.33. The van der Waals surface area contributed by atoms with Crippen LogP contribution >= 0.6 is 12.2 Å². The highest BCUT2D eigenvalue weighted by atomic mass is 32.1. The molecule has 1 saturated heterocycles. The highest BCUT2D eigenvalue weighted by molar-refractivity contribution is 7.80. The van der Waals surface area contributed by atoms with E-state index >= 15 is 0 Å². The predicted molar refractivity (Wildman–Crippen MR) is 86.1 cm³/mol. The Morgan fingerprint density at radius 3 is 2.90 bits per heavy atom. The summed E-state index contributed by atoms with van der Waals surface area (Å²) in [5.74, 6) is 0. The van der Waals surface area contributed by atoms with Gasteiger partial charge in [-0.15, -0.1) is 0 Å². The Balaban J connectivity index is 1.69. The highest BCUT2D eigenvalue weighted by Crippen LogP contribution is 2.10. The van der Waals surface area contributed by atoms with E-state index in [1.807, 2.05) is 12.1 Å². The van der Waals surface area contributed by atoms with Gasteiger partial charge in [0.25, 0.3) is 0 Å². The van der Waals surface area contributed by atoms with Crippen LogP contribution < -0.4 is 10.7 Å². The molecule has 2 N–H and O–H groups in total. The molecule has 0 saturated carbocycles. The number of hydrogen-bond acceptors (Lipinski definition) is 3. The first-order valence-corrected chi connectivity index (χ1v) is 7.46. The van der Waals surface area contributed by atoms with Gasteiger partial charge < -0.3 is 10.1 Å². The number of aryl methyl sites for hydroxylation is 1. The van der Waals surface area contributed by atoms with Gasteiger partial charge in [-0.2, -0.15) is 5.10 Å². The third-order valence-electron chi connectivity index (χ3n) is 3.28. The van der Waals surface area contributed by atoms with Gasteiger partial charge in [0.05, 0.1) is 12.3 Å². The van der Waals surface area contributed by atoms with Crippen LogP contribution in [0.25, 0.3) is 0 Å². The first-order valence-electron chi connectivity index (χ1n) is 7.05. The van der Waals surface area contributed by atoms with Crippen molar-refractivity contribution in [1.29, 1.82) is 0 Å². The zero-order valence-corrected chi connectivity index (χ0v) is 12.6. The quantitative estimate of drug-likeness (QED) is 0.496. The van der Waals surface area contributed by atoms with Gasteiger partial charge >= 0.3 is 0 Å². The SMILES string of the molecule is CCc1ccc(/C=N\NC(=S)NC[C@@H]2CCCO2)cc1. The zero-order valence-electron chi connectivity index (χ0n) is 11.8. The lowest BCUT2D eigenvalue weighted by Gasteiger charge is -2.11. The van der Waals surface area contributed by atoms with Crippen LogP contribution in [0.5, 0.6) is 0 Å². The summed E-state index contributed by atoms with van der Waals surface area (Å²) in [6.45, 7) is 3.74. The van der Waals surface area contributed by atoms with Gasteiger partial charge in [0, 0.05) is 13.2 Å². The van der Waals surface area contributed by atoms with Crippen molar-refractivity contribution in [2.24, 2.45) is 5.10 Å². The third-order valence-corrected chi connectivity index (χ3v) is 3.52. The first-order chi connectivity index (χ1) is 9.78. The van der Waals surface area contributed by atoms with Gasteiger partial charge in [-0.25, -0.2) is 0 Å². The van der Waals surface area contributed by atoms with Crippen LogP contribution in [0.4, 0.5) is 0 Å². The molecular weight excluding hydrogens is 270 g/mol. The largest absolute Gasteiger partial charge is 0.376 e. The number of hydrazone groups is 1. The summed E-state index contributed by atoms with van der Waals surface area (Å²) in [6, 6.07) is 8.31. The fourth-order valence-electron chi connectivity index (χ4n) is 2.06. The standard InChI is InChI=1S/C15H21N3OS/c1-2-12-5-7-13(8-6-12)10-17-18-15(20)16-11-14-4-3-9-19-14/h5-8,10,14H,2-4,9,11H2,1H3,(H2,16,18,20)/b17-10-/t14-/m0/s1. The van der Waals surface area contributed by atoms with Gasteiger partial charge in [-0.05, 0) is 42.6 Å². The normalized spacial score (nSPS) is 18.4. The summed E-state index contributed by atoms with van der Waals surface area (Å²) in [5.41, 5.74) is 5.19. The molecule has 1 atom stereocenters. The molecule has 2 rings (SSSR count). The van der Waals surface area contributed by atoms with Crippen molar-refractivity contribution >= 4 is 23.5 Å². The van der Waals surface area contributed by atoms with Gasteiger partial charge in [-0.1, -0.05) is 31.2 Å². The molecule has 0 radical (unpaired) electrons. The fraction of sp³-hybridized carbons (Fsp3) is 0.467. The fourth-order valence-corrected chi connectivity index (χ4v) is 2.19. The molecule has 1 aromatic carbocycles. The summed E-state index contributed by atoms with van der Waals surface area (Å²) >= 11 is 5.15. The molecule has 0 aliphatic carbocycles. The Hall–Kier alpha value is -1.46. The maximum Gasteiger partial charge on any atom is 0.187 e. The molecule has 1 heterocycles. The monoisotopic (exact) mass is 291 g/mol. The lowest BCUT2D eigenvalue weighted by molar-refractivity contribution is 0.114. The lowest BCUT2D eigenvalue weighted by atomic mass is 10.1. The van der Waals surface area contributed by atoms with Crippen molar-refractivity contribution in [1.82, 2.24) is 10.7 Å². The van der Waals surface area contributed by atoms with Crippen molar-refractivity contribution < 1.29 is 4.74 Å². The van der Waals surface area contributed by atoms with Gasteiger partial charge in [0.1, 0.15) is 0 Å². The maximum absolute atomic E-state index is 5.51. The minimum atomic E-state index is 0.278. The maximum atomic E-state index is 5.51. The van der Waals surface area contributed by atoms with Crippen LogP contribution in [-0.4, -0.2) is 30.6 Å². The number of benzene rings is 1. The van der Waals surface area contributed by atoms with E-state index in [1.54, 1.807) is 6.21 Å². The van der Waals surface area contributed by atoms with E-state index in [1.165, 1.54) is 5.56 Å². The molecule has 108 valence electrons. The van der Waals surface area contributed by atoms with E-state index in [4.69, 9.17) is 17.0 Å². The second kappa shape index (κ2) is 7.97. The van der Waals surface area contributed by atoms with E-state index < -0.39 is 0 Å².